The van der Waals surface area contributed by atoms with Gasteiger partial charge in [0.1, 0.15) is 11.4 Å². The molecule has 1 aromatic carbocycles. The molecule has 2 nitrogen and oxygen atoms in total. The van der Waals surface area contributed by atoms with Crippen LogP contribution in [-0.4, -0.2) is 10.2 Å². The van der Waals surface area contributed by atoms with Gasteiger partial charge in [-0.25, -0.2) is 0 Å². The van der Waals surface area contributed by atoms with E-state index in [4.69, 9.17) is 0 Å². The molecule has 74 valence electrons. The zero-order chi connectivity index (χ0) is 9.76. The van der Waals surface area contributed by atoms with E-state index < -0.39 is 5.60 Å². The number of phenolic OH excluding ortho intramolecular Hbond substituents is 1. The van der Waals surface area contributed by atoms with Gasteiger partial charge < -0.3 is 10.2 Å². The van der Waals surface area contributed by atoms with Crippen molar-refractivity contribution in [2.75, 3.05) is 0 Å². The van der Waals surface area contributed by atoms with Gasteiger partial charge in [-0.05, 0) is 24.5 Å². The quantitative estimate of drug-likeness (QED) is 0.658. The Labute approximate surface area is 83.2 Å². The molecular formula is C12H14O2. The molecule has 0 heterocycles. The first-order valence-corrected chi connectivity index (χ1v) is 5.28. The van der Waals surface area contributed by atoms with Crippen molar-refractivity contribution < 1.29 is 10.2 Å². The van der Waals surface area contributed by atoms with Crippen molar-refractivity contribution in [2.45, 2.75) is 37.2 Å². The Kier molecular flexibility index (Phi) is 1.49. The summed E-state index contributed by atoms with van der Waals surface area (Å²) in [4.78, 5) is 0. The van der Waals surface area contributed by atoms with Gasteiger partial charge in [0.05, 0.1) is 0 Å². The van der Waals surface area contributed by atoms with Crippen molar-refractivity contribution in [1.82, 2.24) is 0 Å². The third-order valence-electron chi connectivity index (χ3n) is 3.76. The van der Waals surface area contributed by atoms with Crippen LogP contribution < -0.4 is 0 Å². The highest BCUT2D eigenvalue weighted by atomic mass is 16.3. The van der Waals surface area contributed by atoms with Crippen molar-refractivity contribution in [3.63, 3.8) is 0 Å². The predicted molar refractivity (Wildman–Crippen MR) is 53.2 cm³/mol. The number of phenols is 1. The highest BCUT2D eigenvalue weighted by molar-refractivity contribution is 5.55. The summed E-state index contributed by atoms with van der Waals surface area (Å²) in [6.45, 7) is 0. The van der Waals surface area contributed by atoms with Crippen LogP contribution in [0.5, 0.6) is 5.75 Å². The Morgan fingerprint density at radius 2 is 2.14 bits per heavy atom. The van der Waals surface area contributed by atoms with E-state index in [0.717, 1.165) is 30.4 Å². The fraction of sp³-hybridized carbons (Fsp3) is 0.500. The van der Waals surface area contributed by atoms with E-state index in [-0.39, 0.29) is 11.7 Å². The standard InChI is InChI=1S/C12H14O2/c13-10-6-3-4-8-9-5-1-2-7-12(9,14)11(8)10/h3-4,6,9,13-14H,1-2,5,7H2/t9-,12+/m0/s1. The van der Waals surface area contributed by atoms with Crippen molar-refractivity contribution in [3.8, 4) is 5.75 Å². The van der Waals surface area contributed by atoms with E-state index >= 15 is 0 Å². The summed E-state index contributed by atoms with van der Waals surface area (Å²) in [6.07, 6.45) is 4.14. The average molecular weight is 190 g/mol. The van der Waals surface area contributed by atoms with Crippen LogP contribution in [-0.2, 0) is 5.60 Å². The molecule has 0 amide bonds. The van der Waals surface area contributed by atoms with Gasteiger partial charge in [-0.2, -0.15) is 0 Å². The Bertz CT molecular complexity index is 386. The van der Waals surface area contributed by atoms with Gasteiger partial charge in [-0.3, -0.25) is 0 Å². The number of aromatic hydroxyl groups is 1. The topological polar surface area (TPSA) is 40.5 Å². The maximum Gasteiger partial charge on any atom is 0.121 e. The van der Waals surface area contributed by atoms with Crippen molar-refractivity contribution in [3.05, 3.63) is 29.3 Å². The number of hydrogen-bond donors (Lipinski definition) is 2. The lowest BCUT2D eigenvalue weighted by atomic mass is 9.58. The second kappa shape index (κ2) is 2.51. The van der Waals surface area contributed by atoms with Crippen LogP contribution in [0.1, 0.15) is 42.7 Å². The smallest absolute Gasteiger partial charge is 0.121 e. The van der Waals surface area contributed by atoms with Crippen LogP contribution in [0.2, 0.25) is 0 Å². The number of aliphatic hydroxyl groups is 1. The first-order valence-electron chi connectivity index (χ1n) is 5.28. The molecule has 0 radical (unpaired) electrons. The molecule has 2 aliphatic rings. The predicted octanol–water partition coefficient (Wildman–Crippen LogP) is 2.25. The van der Waals surface area contributed by atoms with E-state index in [9.17, 15) is 10.2 Å². The minimum atomic E-state index is -0.709. The summed E-state index contributed by atoms with van der Waals surface area (Å²) in [5.41, 5.74) is 1.25. The zero-order valence-electron chi connectivity index (χ0n) is 8.03. The molecule has 2 N–H and O–H groups in total. The molecule has 14 heavy (non-hydrogen) atoms. The second-order valence-electron chi connectivity index (χ2n) is 4.46. The molecule has 0 bridgehead atoms. The van der Waals surface area contributed by atoms with Crippen LogP contribution in [0.4, 0.5) is 0 Å². The lowest BCUT2D eigenvalue weighted by Gasteiger charge is -2.50. The van der Waals surface area contributed by atoms with Gasteiger partial charge >= 0.3 is 0 Å². The van der Waals surface area contributed by atoms with Gasteiger partial charge in [0.2, 0.25) is 0 Å². The third-order valence-corrected chi connectivity index (χ3v) is 3.76. The monoisotopic (exact) mass is 190 g/mol. The molecule has 3 rings (SSSR count). The fourth-order valence-electron chi connectivity index (χ4n) is 3.11. The first kappa shape index (κ1) is 8.30. The molecule has 0 unspecified atom stereocenters. The minimum absolute atomic E-state index is 0.267. The Balaban J connectivity index is 2.16. The summed E-state index contributed by atoms with van der Waals surface area (Å²) < 4.78 is 0. The molecular weight excluding hydrogens is 176 g/mol. The summed E-state index contributed by atoms with van der Waals surface area (Å²) in [7, 11) is 0. The van der Waals surface area contributed by atoms with E-state index in [2.05, 4.69) is 0 Å². The molecule has 0 aliphatic heterocycles. The molecule has 2 atom stereocenters. The van der Waals surface area contributed by atoms with Crippen LogP contribution in [0.15, 0.2) is 18.2 Å². The number of benzene rings is 1. The van der Waals surface area contributed by atoms with E-state index in [1.807, 2.05) is 12.1 Å². The van der Waals surface area contributed by atoms with Crippen molar-refractivity contribution in [2.24, 2.45) is 0 Å². The molecule has 1 aromatic rings. The van der Waals surface area contributed by atoms with Crippen LogP contribution in [0, 0.1) is 0 Å². The van der Waals surface area contributed by atoms with Crippen molar-refractivity contribution in [1.29, 1.82) is 0 Å². The molecule has 0 saturated heterocycles. The summed E-state index contributed by atoms with van der Waals surface area (Å²) in [5, 5.41) is 20.1. The van der Waals surface area contributed by atoms with E-state index in [0.29, 0.717) is 0 Å². The highest BCUT2D eigenvalue weighted by Gasteiger charge is 2.52. The van der Waals surface area contributed by atoms with E-state index in [1.54, 1.807) is 6.07 Å². The average Bonchev–Trinajstić information content (AvgIpc) is 2.16. The summed E-state index contributed by atoms with van der Waals surface area (Å²) in [6, 6.07) is 5.56. The lowest BCUT2D eigenvalue weighted by molar-refractivity contribution is -0.0513. The largest absolute Gasteiger partial charge is 0.508 e. The highest BCUT2D eigenvalue weighted by Crippen LogP contribution is 2.59. The van der Waals surface area contributed by atoms with Gasteiger partial charge in [0.25, 0.3) is 0 Å². The maximum absolute atomic E-state index is 10.4. The molecule has 0 spiro atoms. The molecule has 1 fully saturated rings. The number of rotatable bonds is 0. The van der Waals surface area contributed by atoms with Crippen LogP contribution in [0.3, 0.4) is 0 Å². The Morgan fingerprint density at radius 3 is 3.00 bits per heavy atom. The number of hydrogen-bond acceptors (Lipinski definition) is 2. The number of fused-ring (bicyclic) bond motifs is 4. The zero-order valence-corrected chi connectivity index (χ0v) is 8.03. The summed E-state index contributed by atoms with van der Waals surface area (Å²) >= 11 is 0. The Morgan fingerprint density at radius 1 is 1.29 bits per heavy atom. The minimum Gasteiger partial charge on any atom is -0.508 e. The lowest BCUT2D eigenvalue weighted by Crippen LogP contribution is -2.45. The van der Waals surface area contributed by atoms with Crippen LogP contribution >= 0.6 is 0 Å². The molecule has 2 heteroatoms. The maximum atomic E-state index is 10.4. The van der Waals surface area contributed by atoms with Gasteiger partial charge in [0, 0.05) is 11.5 Å². The summed E-state index contributed by atoms with van der Waals surface area (Å²) in [5.74, 6) is 0.543. The van der Waals surface area contributed by atoms with Gasteiger partial charge in [-0.1, -0.05) is 25.0 Å². The second-order valence-corrected chi connectivity index (χ2v) is 4.46. The third kappa shape index (κ3) is 0.800. The van der Waals surface area contributed by atoms with E-state index in [1.165, 1.54) is 6.42 Å². The van der Waals surface area contributed by atoms with Crippen molar-refractivity contribution >= 4 is 0 Å². The molecule has 2 aliphatic carbocycles. The van der Waals surface area contributed by atoms with Crippen LogP contribution in [0.25, 0.3) is 0 Å². The van der Waals surface area contributed by atoms with Gasteiger partial charge in [-0.15, -0.1) is 0 Å². The Hall–Kier alpha value is -1.02. The normalized spacial score (nSPS) is 34.2. The molecule has 0 aromatic heterocycles. The first-order chi connectivity index (χ1) is 6.73. The fourth-order valence-corrected chi connectivity index (χ4v) is 3.11. The molecule has 1 saturated carbocycles. The van der Waals surface area contributed by atoms with Gasteiger partial charge in [0.15, 0.2) is 0 Å². The SMILES string of the molecule is Oc1cccc2c1[C@@]1(O)CCCC[C@@H]21.